The van der Waals surface area contributed by atoms with Gasteiger partial charge in [0.05, 0.1) is 5.69 Å². The molecule has 0 aliphatic carbocycles. The predicted molar refractivity (Wildman–Crippen MR) is 94.6 cm³/mol. The fourth-order valence-electron chi connectivity index (χ4n) is 2.52. The van der Waals surface area contributed by atoms with Crippen LogP contribution in [0.15, 0.2) is 45.1 Å². The van der Waals surface area contributed by atoms with Crippen LogP contribution in [0.4, 0.5) is 0 Å². The van der Waals surface area contributed by atoms with Crippen molar-refractivity contribution < 1.29 is 0 Å². The van der Waals surface area contributed by atoms with E-state index in [1.807, 2.05) is 32.0 Å². The number of hydrogen-bond donors (Lipinski definition) is 1. The topological polar surface area (TPSA) is 80.1 Å². The second-order valence-corrected chi connectivity index (χ2v) is 6.49. The maximum absolute atomic E-state index is 12.3. The second-order valence-electron chi connectivity index (χ2n) is 5.53. The van der Waals surface area contributed by atoms with Crippen molar-refractivity contribution in [3.8, 4) is 0 Å². The number of aromatic nitrogens is 4. The van der Waals surface area contributed by atoms with Crippen LogP contribution in [0.3, 0.4) is 0 Å². The number of fused-ring (bicyclic) bond motifs is 1. The summed E-state index contributed by atoms with van der Waals surface area (Å²) in [5.41, 5.74) is 2.67. The lowest BCUT2D eigenvalue weighted by molar-refractivity contribution is 0.815. The number of hydrogen-bond acceptors (Lipinski definition) is 5. The average Bonchev–Trinajstić information content (AvgIpc) is 2.52. The average molecular weight is 342 g/mol. The minimum absolute atomic E-state index is 0.102. The van der Waals surface area contributed by atoms with Crippen LogP contribution in [0.25, 0.3) is 5.65 Å². The third kappa shape index (κ3) is 3.56. The Balaban J connectivity index is 1.86. The summed E-state index contributed by atoms with van der Waals surface area (Å²) in [6, 6.07) is 8.61. The zero-order chi connectivity index (χ0) is 17.1. The summed E-state index contributed by atoms with van der Waals surface area (Å²) in [7, 11) is 0. The van der Waals surface area contributed by atoms with Crippen LogP contribution in [-0.4, -0.2) is 19.4 Å². The molecule has 3 rings (SSSR count). The van der Waals surface area contributed by atoms with Gasteiger partial charge in [0.25, 0.3) is 11.1 Å². The van der Waals surface area contributed by atoms with Crippen molar-refractivity contribution in [2.24, 2.45) is 0 Å². The first-order valence-corrected chi connectivity index (χ1v) is 8.76. The minimum Gasteiger partial charge on any atom is -0.301 e. The molecule has 6 nitrogen and oxygen atoms in total. The van der Waals surface area contributed by atoms with Gasteiger partial charge in [-0.15, -0.1) is 0 Å². The Labute approximate surface area is 143 Å². The molecule has 0 spiro atoms. The van der Waals surface area contributed by atoms with Crippen LogP contribution in [0.5, 0.6) is 0 Å². The largest absolute Gasteiger partial charge is 0.301 e. The van der Waals surface area contributed by atoms with Gasteiger partial charge in [-0.05, 0) is 25.5 Å². The highest BCUT2D eigenvalue weighted by Crippen LogP contribution is 2.17. The maximum atomic E-state index is 12.3. The lowest BCUT2D eigenvalue weighted by Gasteiger charge is -2.06. The van der Waals surface area contributed by atoms with Crippen LogP contribution >= 0.6 is 11.8 Å². The van der Waals surface area contributed by atoms with Crippen molar-refractivity contribution in [1.82, 2.24) is 19.4 Å². The molecule has 0 saturated heterocycles. The first kappa shape index (κ1) is 16.4. The number of rotatable bonds is 5. The van der Waals surface area contributed by atoms with Gasteiger partial charge in [0, 0.05) is 29.3 Å². The van der Waals surface area contributed by atoms with E-state index < -0.39 is 0 Å². The molecule has 0 fully saturated rings. The summed E-state index contributed by atoms with van der Waals surface area (Å²) >= 11 is 1.37. The smallest absolute Gasteiger partial charge is 0.258 e. The summed E-state index contributed by atoms with van der Waals surface area (Å²) in [5, 5.41) is 0.553. The fraction of sp³-hybridized carbons (Fsp3) is 0.294. The molecule has 0 atom stereocenters. The first-order chi connectivity index (χ1) is 11.6. The molecule has 0 bridgehead atoms. The Hall–Kier alpha value is -2.41. The Morgan fingerprint density at radius 1 is 1.17 bits per heavy atom. The summed E-state index contributed by atoms with van der Waals surface area (Å²) in [5.74, 6) is 0.470. The summed E-state index contributed by atoms with van der Waals surface area (Å²) in [6.07, 6.45) is 1.70. The van der Waals surface area contributed by atoms with E-state index in [0.29, 0.717) is 22.3 Å². The van der Waals surface area contributed by atoms with E-state index >= 15 is 0 Å². The molecule has 3 heterocycles. The van der Waals surface area contributed by atoms with E-state index in [2.05, 4.69) is 15.0 Å². The molecule has 0 aliphatic heterocycles. The first-order valence-electron chi connectivity index (χ1n) is 7.78. The molecule has 0 saturated carbocycles. The van der Waals surface area contributed by atoms with Crippen LogP contribution in [0.2, 0.25) is 0 Å². The molecule has 3 aromatic heterocycles. The van der Waals surface area contributed by atoms with E-state index in [1.54, 1.807) is 4.40 Å². The van der Waals surface area contributed by atoms with Gasteiger partial charge in [0.2, 0.25) is 0 Å². The van der Waals surface area contributed by atoms with Gasteiger partial charge in [0.15, 0.2) is 5.16 Å². The molecule has 124 valence electrons. The van der Waals surface area contributed by atoms with E-state index in [1.165, 1.54) is 23.9 Å². The highest BCUT2D eigenvalue weighted by atomic mass is 32.2. The van der Waals surface area contributed by atoms with E-state index in [-0.39, 0.29) is 11.1 Å². The van der Waals surface area contributed by atoms with Crippen LogP contribution in [0, 0.1) is 6.92 Å². The summed E-state index contributed by atoms with van der Waals surface area (Å²) < 4.78 is 1.58. The zero-order valence-corrected chi connectivity index (χ0v) is 14.4. The standard InChI is InChI=1S/C17H18N4O2S/c1-3-5-12-8-15(22)20-17(19-12)24-10-13-9-16(23)21-11(2)6-4-7-14(21)18-13/h4,6-9H,3,5,10H2,1-2H3,(H,19,20,22). The molecule has 0 unspecified atom stereocenters. The molecule has 0 aliphatic rings. The van der Waals surface area contributed by atoms with E-state index in [4.69, 9.17) is 0 Å². The van der Waals surface area contributed by atoms with Crippen molar-refractivity contribution in [1.29, 1.82) is 0 Å². The summed E-state index contributed by atoms with van der Waals surface area (Å²) in [6.45, 7) is 3.92. The minimum atomic E-state index is -0.155. The van der Waals surface area contributed by atoms with E-state index in [9.17, 15) is 9.59 Å². The van der Waals surface area contributed by atoms with E-state index in [0.717, 1.165) is 24.2 Å². The molecule has 1 N–H and O–H groups in total. The lowest BCUT2D eigenvalue weighted by Crippen LogP contribution is -2.17. The normalized spacial score (nSPS) is 11.1. The molecular weight excluding hydrogens is 324 g/mol. The fourth-order valence-corrected chi connectivity index (χ4v) is 3.30. The number of aryl methyl sites for hydroxylation is 2. The molecule has 7 heteroatoms. The number of H-pyrrole nitrogens is 1. The maximum Gasteiger partial charge on any atom is 0.258 e. The quantitative estimate of drug-likeness (QED) is 0.568. The number of nitrogens with zero attached hydrogens (tertiary/aromatic N) is 3. The highest BCUT2D eigenvalue weighted by Gasteiger charge is 2.07. The summed E-state index contributed by atoms with van der Waals surface area (Å²) in [4.78, 5) is 35.6. The van der Waals surface area contributed by atoms with Crippen LogP contribution in [-0.2, 0) is 12.2 Å². The van der Waals surface area contributed by atoms with Gasteiger partial charge in [-0.25, -0.2) is 9.97 Å². The third-order valence-corrected chi connectivity index (χ3v) is 4.48. The van der Waals surface area contributed by atoms with Crippen molar-refractivity contribution in [3.05, 3.63) is 68.1 Å². The predicted octanol–water partition coefficient (Wildman–Crippen LogP) is 2.33. The Bertz CT molecular complexity index is 994. The number of thioether (sulfide) groups is 1. The van der Waals surface area contributed by atoms with Crippen molar-refractivity contribution in [2.45, 2.75) is 37.6 Å². The number of nitrogens with one attached hydrogen (secondary N) is 1. The third-order valence-electron chi connectivity index (χ3n) is 3.57. The Morgan fingerprint density at radius 3 is 2.79 bits per heavy atom. The van der Waals surface area contributed by atoms with Gasteiger partial charge < -0.3 is 4.98 Å². The highest BCUT2D eigenvalue weighted by molar-refractivity contribution is 7.98. The van der Waals surface area contributed by atoms with Gasteiger partial charge in [-0.1, -0.05) is 31.2 Å². The SMILES string of the molecule is CCCc1cc(=O)[nH]c(SCc2cc(=O)n3c(C)cccc3n2)n1. The lowest BCUT2D eigenvalue weighted by atomic mass is 10.2. The van der Waals surface area contributed by atoms with Crippen LogP contribution in [0.1, 0.15) is 30.4 Å². The Morgan fingerprint density at radius 2 is 2.00 bits per heavy atom. The van der Waals surface area contributed by atoms with Crippen molar-refractivity contribution in [2.75, 3.05) is 0 Å². The van der Waals surface area contributed by atoms with Crippen molar-refractivity contribution in [3.63, 3.8) is 0 Å². The molecule has 0 amide bonds. The van der Waals surface area contributed by atoms with Crippen molar-refractivity contribution >= 4 is 17.4 Å². The zero-order valence-electron chi connectivity index (χ0n) is 13.6. The number of pyridine rings is 1. The molecule has 3 aromatic rings. The number of aromatic amines is 1. The molecule has 0 aromatic carbocycles. The second kappa shape index (κ2) is 7.00. The van der Waals surface area contributed by atoms with Crippen LogP contribution < -0.4 is 11.1 Å². The monoisotopic (exact) mass is 342 g/mol. The van der Waals surface area contributed by atoms with Gasteiger partial charge in [-0.2, -0.15) is 0 Å². The molecular formula is C17H18N4O2S. The molecule has 0 radical (unpaired) electrons. The van der Waals surface area contributed by atoms with Gasteiger partial charge in [0.1, 0.15) is 5.65 Å². The molecule has 24 heavy (non-hydrogen) atoms. The van der Waals surface area contributed by atoms with Gasteiger partial charge >= 0.3 is 0 Å². The Kier molecular flexibility index (Phi) is 4.80. The van der Waals surface area contributed by atoms with Gasteiger partial charge in [-0.3, -0.25) is 14.0 Å².